The minimum absolute atomic E-state index is 0.0183. The van der Waals surface area contributed by atoms with E-state index in [1.807, 2.05) is 6.92 Å². The van der Waals surface area contributed by atoms with Gasteiger partial charge < -0.3 is 5.73 Å². The Kier molecular flexibility index (Phi) is 4.43. The van der Waals surface area contributed by atoms with Gasteiger partial charge in [0, 0.05) is 11.8 Å². The fourth-order valence-electron chi connectivity index (χ4n) is 1.83. The number of hydrogen-bond acceptors (Lipinski definition) is 6. The molecule has 0 spiro atoms. The van der Waals surface area contributed by atoms with Crippen LogP contribution in [0.1, 0.15) is 11.1 Å². The maximum atomic E-state index is 12.1. The summed E-state index contributed by atoms with van der Waals surface area (Å²) in [6, 6.07) is 10.2. The standard InChI is InChI=1S/C14H14N2O5S/c1-10-5-7-11(8-6-10)22(19,20)21-9-12-13(15)3-2-4-14(12)16(17)18/h2-8H,9,15H2,1H3. The number of nitro benzene ring substituents is 1. The minimum atomic E-state index is -4.01. The van der Waals surface area contributed by atoms with Gasteiger partial charge in [-0.1, -0.05) is 23.8 Å². The Morgan fingerprint density at radius 1 is 1.18 bits per heavy atom. The van der Waals surface area contributed by atoms with Crippen molar-refractivity contribution in [1.82, 2.24) is 0 Å². The van der Waals surface area contributed by atoms with Crippen molar-refractivity contribution in [2.75, 3.05) is 5.73 Å². The molecule has 0 saturated carbocycles. The van der Waals surface area contributed by atoms with E-state index in [1.54, 1.807) is 12.1 Å². The van der Waals surface area contributed by atoms with Crippen LogP contribution < -0.4 is 5.73 Å². The normalized spacial score (nSPS) is 11.3. The van der Waals surface area contributed by atoms with Crippen molar-refractivity contribution in [3.63, 3.8) is 0 Å². The molecule has 0 aliphatic carbocycles. The highest BCUT2D eigenvalue weighted by atomic mass is 32.2. The Morgan fingerprint density at radius 2 is 1.82 bits per heavy atom. The van der Waals surface area contributed by atoms with Gasteiger partial charge in [-0.3, -0.25) is 14.3 Å². The average Bonchev–Trinajstić information content (AvgIpc) is 2.46. The number of rotatable bonds is 5. The van der Waals surface area contributed by atoms with Crippen LogP contribution in [-0.2, 0) is 20.9 Å². The van der Waals surface area contributed by atoms with Crippen LogP contribution in [-0.4, -0.2) is 13.3 Å². The summed E-state index contributed by atoms with van der Waals surface area (Å²) < 4.78 is 29.1. The van der Waals surface area contributed by atoms with E-state index >= 15 is 0 Å². The molecule has 116 valence electrons. The molecule has 0 atom stereocenters. The van der Waals surface area contributed by atoms with Crippen molar-refractivity contribution in [1.29, 1.82) is 0 Å². The van der Waals surface area contributed by atoms with Crippen LogP contribution >= 0.6 is 0 Å². The van der Waals surface area contributed by atoms with E-state index in [0.29, 0.717) is 0 Å². The quantitative estimate of drug-likeness (QED) is 0.391. The van der Waals surface area contributed by atoms with Crippen LogP contribution in [0.15, 0.2) is 47.4 Å². The molecule has 8 heteroatoms. The topological polar surface area (TPSA) is 113 Å². The number of aryl methyl sites for hydroxylation is 1. The molecule has 22 heavy (non-hydrogen) atoms. The molecule has 0 saturated heterocycles. The number of nitro groups is 1. The first-order valence-electron chi connectivity index (χ1n) is 6.29. The molecule has 2 aromatic rings. The lowest BCUT2D eigenvalue weighted by atomic mass is 10.1. The lowest BCUT2D eigenvalue weighted by Gasteiger charge is -2.08. The van der Waals surface area contributed by atoms with Gasteiger partial charge in [0.25, 0.3) is 15.8 Å². The smallest absolute Gasteiger partial charge is 0.297 e. The van der Waals surface area contributed by atoms with Gasteiger partial charge in [0.2, 0.25) is 0 Å². The van der Waals surface area contributed by atoms with Crippen molar-refractivity contribution in [3.8, 4) is 0 Å². The Labute approximate surface area is 127 Å². The molecule has 0 aliphatic heterocycles. The van der Waals surface area contributed by atoms with Crippen LogP contribution in [0.3, 0.4) is 0 Å². The van der Waals surface area contributed by atoms with E-state index < -0.39 is 21.6 Å². The van der Waals surface area contributed by atoms with Gasteiger partial charge in [0.05, 0.1) is 15.4 Å². The second-order valence-electron chi connectivity index (χ2n) is 4.63. The number of nitrogen functional groups attached to an aromatic ring is 1. The summed E-state index contributed by atoms with van der Waals surface area (Å²) in [4.78, 5) is 10.3. The van der Waals surface area contributed by atoms with Crippen LogP contribution in [0, 0.1) is 17.0 Å². The minimum Gasteiger partial charge on any atom is -0.398 e. The predicted molar refractivity (Wildman–Crippen MR) is 80.7 cm³/mol. The summed E-state index contributed by atoms with van der Waals surface area (Å²) in [5.74, 6) is 0. The summed E-state index contributed by atoms with van der Waals surface area (Å²) in [6.07, 6.45) is 0. The molecule has 7 nitrogen and oxygen atoms in total. The number of benzene rings is 2. The molecule has 2 rings (SSSR count). The van der Waals surface area contributed by atoms with Crippen molar-refractivity contribution in [2.45, 2.75) is 18.4 Å². The molecule has 2 N–H and O–H groups in total. The molecule has 0 radical (unpaired) electrons. The third-order valence-corrected chi connectivity index (χ3v) is 4.33. The van der Waals surface area contributed by atoms with Gasteiger partial charge in [-0.05, 0) is 25.1 Å². The third-order valence-electron chi connectivity index (χ3n) is 3.05. The van der Waals surface area contributed by atoms with Gasteiger partial charge in [-0.25, -0.2) is 0 Å². The largest absolute Gasteiger partial charge is 0.398 e. The van der Waals surface area contributed by atoms with Gasteiger partial charge >= 0.3 is 0 Å². The van der Waals surface area contributed by atoms with Crippen molar-refractivity contribution < 1.29 is 17.5 Å². The van der Waals surface area contributed by atoms with Gasteiger partial charge in [-0.2, -0.15) is 8.42 Å². The lowest BCUT2D eigenvalue weighted by Crippen LogP contribution is -2.09. The van der Waals surface area contributed by atoms with Gasteiger partial charge in [0.15, 0.2) is 0 Å². The lowest BCUT2D eigenvalue weighted by molar-refractivity contribution is -0.385. The Balaban J connectivity index is 2.26. The SMILES string of the molecule is Cc1ccc(S(=O)(=O)OCc2c(N)cccc2[N+](=O)[O-])cc1. The van der Waals surface area contributed by atoms with E-state index in [1.165, 1.54) is 30.3 Å². The fourth-order valence-corrected chi connectivity index (χ4v) is 2.71. The zero-order valence-electron chi connectivity index (χ0n) is 11.7. The Bertz CT molecular complexity index is 800. The van der Waals surface area contributed by atoms with Gasteiger partial charge in [0.1, 0.15) is 6.61 Å². The summed E-state index contributed by atoms with van der Waals surface area (Å²) in [7, 11) is -4.01. The maximum absolute atomic E-state index is 12.1. The van der Waals surface area contributed by atoms with Crippen molar-refractivity contribution in [2.24, 2.45) is 0 Å². The Hall–Kier alpha value is -2.45. The number of anilines is 1. The van der Waals surface area contributed by atoms with E-state index in [-0.39, 0.29) is 21.8 Å². The molecule has 0 unspecified atom stereocenters. The summed E-state index contributed by atoms with van der Waals surface area (Å²) >= 11 is 0. The fraction of sp³-hybridized carbons (Fsp3) is 0.143. The second-order valence-corrected chi connectivity index (χ2v) is 6.25. The zero-order valence-corrected chi connectivity index (χ0v) is 12.5. The van der Waals surface area contributed by atoms with Crippen molar-refractivity contribution in [3.05, 3.63) is 63.7 Å². The van der Waals surface area contributed by atoms with E-state index in [2.05, 4.69) is 0 Å². The van der Waals surface area contributed by atoms with E-state index in [0.717, 1.165) is 5.56 Å². The maximum Gasteiger partial charge on any atom is 0.297 e. The first-order valence-corrected chi connectivity index (χ1v) is 7.70. The monoisotopic (exact) mass is 322 g/mol. The summed E-state index contributed by atoms with van der Waals surface area (Å²) in [5.41, 5.74) is 6.43. The number of nitrogens with zero attached hydrogens (tertiary/aromatic N) is 1. The number of hydrogen-bond donors (Lipinski definition) is 1. The molecule has 0 fully saturated rings. The first kappa shape index (κ1) is 15.9. The molecule has 0 bridgehead atoms. The van der Waals surface area contributed by atoms with Crippen LogP contribution in [0.4, 0.5) is 11.4 Å². The zero-order chi connectivity index (χ0) is 16.3. The van der Waals surface area contributed by atoms with Crippen LogP contribution in [0.25, 0.3) is 0 Å². The highest BCUT2D eigenvalue weighted by Crippen LogP contribution is 2.26. The molecule has 0 aromatic heterocycles. The summed E-state index contributed by atoms with van der Waals surface area (Å²) in [6.45, 7) is 1.32. The molecule has 2 aromatic carbocycles. The van der Waals surface area contributed by atoms with Gasteiger partial charge in [-0.15, -0.1) is 0 Å². The second kappa shape index (κ2) is 6.12. The predicted octanol–water partition coefficient (Wildman–Crippen LogP) is 2.39. The average molecular weight is 322 g/mol. The first-order chi connectivity index (χ1) is 10.3. The molecule has 0 aliphatic rings. The molecular weight excluding hydrogens is 308 g/mol. The van der Waals surface area contributed by atoms with Crippen LogP contribution in [0.5, 0.6) is 0 Å². The van der Waals surface area contributed by atoms with E-state index in [4.69, 9.17) is 9.92 Å². The highest BCUT2D eigenvalue weighted by Gasteiger charge is 2.21. The molecular formula is C14H14N2O5S. The van der Waals surface area contributed by atoms with E-state index in [9.17, 15) is 18.5 Å². The van der Waals surface area contributed by atoms with Crippen molar-refractivity contribution >= 4 is 21.5 Å². The highest BCUT2D eigenvalue weighted by molar-refractivity contribution is 7.86. The van der Waals surface area contributed by atoms with Crippen LogP contribution in [0.2, 0.25) is 0 Å². The molecule has 0 amide bonds. The Morgan fingerprint density at radius 3 is 2.41 bits per heavy atom. The summed E-state index contributed by atoms with van der Waals surface area (Å²) in [5, 5.41) is 11.0. The molecule has 0 heterocycles. The third kappa shape index (κ3) is 3.41. The number of nitrogens with two attached hydrogens (primary N) is 1.